The van der Waals surface area contributed by atoms with Gasteiger partial charge in [0.2, 0.25) is 0 Å². The minimum atomic E-state index is -0.0430. The molecule has 3 aromatic rings. The number of likely N-dealkylation sites (tertiary alicyclic amines) is 1. The number of nitrogens with zero attached hydrogens (tertiary/aromatic N) is 4. The molecule has 1 aromatic carbocycles. The highest BCUT2D eigenvalue weighted by Crippen LogP contribution is 2.31. The minimum Gasteiger partial charge on any atom is -0.484 e. The van der Waals surface area contributed by atoms with Crippen molar-refractivity contribution in [2.75, 3.05) is 13.2 Å². The summed E-state index contributed by atoms with van der Waals surface area (Å²) in [5.74, 6) is 1.62. The van der Waals surface area contributed by atoms with E-state index in [4.69, 9.17) is 4.74 Å². The van der Waals surface area contributed by atoms with Gasteiger partial charge < -0.3 is 9.64 Å². The molecular weight excluding hydrogens is 340 g/mol. The van der Waals surface area contributed by atoms with Gasteiger partial charge in [0.05, 0.1) is 6.04 Å². The quantitative estimate of drug-likeness (QED) is 0.716. The Morgan fingerprint density at radius 2 is 2.04 bits per heavy atom. The van der Waals surface area contributed by atoms with E-state index in [0.29, 0.717) is 0 Å². The largest absolute Gasteiger partial charge is 0.484 e. The van der Waals surface area contributed by atoms with Crippen LogP contribution in [0.15, 0.2) is 42.6 Å². The van der Waals surface area contributed by atoms with Gasteiger partial charge in [-0.1, -0.05) is 12.1 Å². The standard InChI is InChI=1S/C21H22N4O2/c26-20(14-27-17-10-9-15-5-3-6-16(15)13-17)24-12-4-7-18(24)21-23-22-19-8-1-2-11-25(19)21/h1-2,8-11,13,18H,3-7,12,14H2/t18-/m1/s1. The second kappa shape index (κ2) is 6.68. The molecule has 6 heteroatoms. The van der Waals surface area contributed by atoms with Gasteiger partial charge in [-0.3, -0.25) is 9.20 Å². The maximum atomic E-state index is 12.8. The first-order valence-corrected chi connectivity index (χ1v) is 9.63. The number of fused-ring (bicyclic) bond motifs is 2. The van der Waals surface area contributed by atoms with Crippen LogP contribution in [0, 0.1) is 0 Å². The highest BCUT2D eigenvalue weighted by molar-refractivity contribution is 5.78. The molecule has 1 fully saturated rings. The van der Waals surface area contributed by atoms with Crippen LogP contribution in [0.25, 0.3) is 5.65 Å². The molecule has 0 N–H and O–H groups in total. The zero-order valence-electron chi connectivity index (χ0n) is 15.2. The van der Waals surface area contributed by atoms with Crippen LogP contribution in [0.3, 0.4) is 0 Å². The summed E-state index contributed by atoms with van der Waals surface area (Å²) < 4.78 is 7.79. The van der Waals surface area contributed by atoms with E-state index in [1.165, 1.54) is 17.5 Å². The number of hydrogen-bond donors (Lipinski definition) is 0. The minimum absolute atomic E-state index is 0.00526. The van der Waals surface area contributed by atoms with Crippen molar-refractivity contribution in [1.29, 1.82) is 0 Å². The van der Waals surface area contributed by atoms with Crippen molar-refractivity contribution in [2.24, 2.45) is 0 Å². The lowest BCUT2D eigenvalue weighted by atomic mass is 10.1. The molecule has 0 bridgehead atoms. The van der Waals surface area contributed by atoms with E-state index in [9.17, 15) is 4.79 Å². The summed E-state index contributed by atoms with van der Waals surface area (Å²) in [5, 5.41) is 8.57. The second-order valence-electron chi connectivity index (χ2n) is 7.30. The van der Waals surface area contributed by atoms with E-state index in [2.05, 4.69) is 22.3 Å². The molecule has 1 aliphatic heterocycles. The van der Waals surface area contributed by atoms with Crippen LogP contribution < -0.4 is 4.74 Å². The van der Waals surface area contributed by atoms with Gasteiger partial charge in [-0.25, -0.2) is 0 Å². The van der Waals surface area contributed by atoms with Gasteiger partial charge in [-0.2, -0.15) is 0 Å². The second-order valence-corrected chi connectivity index (χ2v) is 7.30. The molecule has 0 spiro atoms. The fraction of sp³-hybridized carbons (Fsp3) is 0.381. The number of hydrogen-bond acceptors (Lipinski definition) is 4. The van der Waals surface area contributed by atoms with E-state index in [1.54, 1.807) is 0 Å². The van der Waals surface area contributed by atoms with Crippen molar-refractivity contribution in [2.45, 2.75) is 38.1 Å². The molecule has 6 nitrogen and oxygen atoms in total. The Labute approximate surface area is 157 Å². The molecule has 5 rings (SSSR count). The average Bonchev–Trinajstić information content (AvgIpc) is 3.43. The third-order valence-electron chi connectivity index (χ3n) is 5.64. The van der Waals surface area contributed by atoms with Gasteiger partial charge in [0.25, 0.3) is 5.91 Å². The summed E-state index contributed by atoms with van der Waals surface area (Å²) in [4.78, 5) is 14.7. The van der Waals surface area contributed by atoms with Gasteiger partial charge >= 0.3 is 0 Å². The number of benzene rings is 1. The highest BCUT2D eigenvalue weighted by atomic mass is 16.5. The van der Waals surface area contributed by atoms with E-state index >= 15 is 0 Å². The number of amides is 1. The molecular formula is C21H22N4O2. The van der Waals surface area contributed by atoms with Crippen molar-refractivity contribution >= 4 is 11.6 Å². The highest BCUT2D eigenvalue weighted by Gasteiger charge is 2.33. The monoisotopic (exact) mass is 362 g/mol. The number of pyridine rings is 1. The third kappa shape index (κ3) is 2.95. The molecule has 2 aliphatic rings. The summed E-state index contributed by atoms with van der Waals surface area (Å²) in [5.41, 5.74) is 3.57. The summed E-state index contributed by atoms with van der Waals surface area (Å²) >= 11 is 0. The van der Waals surface area contributed by atoms with Crippen LogP contribution in [0.1, 0.15) is 42.3 Å². The molecule has 1 amide bonds. The predicted octanol–water partition coefficient (Wildman–Crippen LogP) is 2.96. The average molecular weight is 362 g/mol. The van der Waals surface area contributed by atoms with Crippen LogP contribution in [0.2, 0.25) is 0 Å². The van der Waals surface area contributed by atoms with Crippen LogP contribution in [0.5, 0.6) is 5.75 Å². The van der Waals surface area contributed by atoms with E-state index in [1.807, 2.05) is 39.8 Å². The summed E-state index contributed by atoms with van der Waals surface area (Å²) in [6.07, 6.45) is 7.29. The molecule has 0 radical (unpaired) electrons. The zero-order chi connectivity index (χ0) is 18.2. The van der Waals surface area contributed by atoms with E-state index in [-0.39, 0.29) is 18.6 Å². The van der Waals surface area contributed by atoms with Crippen molar-refractivity contribution in [3.63, 3.8) is 0 Å². The summed E-state index contributed by atoms with van der Waals surface area (Å²) in [6.45, 7) is 0.796. The fourth-order valence-electron chi connectivity index (χ4n) is 4.29. The van der Waals surface area contributed by atoms with Gasteiger partial charge in [0.1, 0.15) is 5.75 Å². The Kier molecular flexibility index (Phi) is 4.03. The maximum Gasteiger partial charge on any atom is 0.261 e. The first-order chi connectivity index (χ1) is 13.3. The smallest absolute Gasteiger partial charge is 0.261 e. The first kappa shape index (κ1) is 16.3. The van der Waals surface area contributed by atoms with Crippen LogP contribution in [-0.2, 0) is 17.6 Å². The Hall–Kier alpha value is -2.89. The van der Waals surface area contributed by atoms with Crippen molar-refractivity contribution < 1.29 is 9.53 Å². The van der Waals surface area contributed by atoms with Crippen molar-refractivity contribution in [3.8, 4) is 5.75 Å². The van der Waals surface area contributed by atoms with Gasteiger partial charge in [0.15, 0.2) is 18.1 Å². The molecule has 1 atom stereocenters. The lowest BCUT2D eigenvalue weighted by Crippen LogP contribution is -2.35. The van der Waals surface area contributed by atoms with Crippen molar-refractivity contribution in [3.05, 3.63) is 59.5 Å². The Bertz CT molecular complexity index is 997. The molecule has 138 valence electrons. The van der Waals surface area contributed by atoms with E-state index < -0.39 is 0 Å². The van der Waals surface area contributed by atoms with Crippen LogP contribution in [0.4, 0.5) is 0 Å². The number of carbonyl (C=O) groups is 1. The molecule has 0 unspecified atom stereocenters. The lowest BCUT2D eigenvalue weighted by molar-refractivity contribution is -0.134. The lowest BCUT2D eigenvalue weighted by Gasteiger charge is -2.23. The maximum absolute atomic E-state index is 12.8. The van der Waals surface area contributed by atoms with Crippen molar-refractivity contribution in [1.82, 2.24) is 19.5 Å². The summed E-state index contributed by atoms with van der Waals surface area (Å²) in [7, 11) is 0. The fourth-order valence-corrected chi connectivity index (χ4v) is 4.29. The Balaban J connectivity index is 1.30. The Morgan fingerprint density at radius 1 is 1.11 bits per heavy atom. The number of rotatable bonds is 4. The Morgan fingerprint density at radius 3 is 3.00 bits per heavy atom. The SMILES string of the molecule is O=C(COc1ccc2c(c1)CCC2)N1CCC[C@@H]1c1nnc2ccccn12. The predicted molar refractivity (Wildman–Crippen MR) is 101 cm³/mol. The summed E-state index contributed by atoms with van der Waals surface area (Å²) in [6, 6.07) is 12.0. The zero-order valence-corrected chi connectivity index (χ0v) is 15.2. The molecule has 1 saturated heterocycles. The molecule has 3 heterocycles. The number of carbonyl (C=O) groups excluding carboxylic acids is 1. The normalized spacial score (nSPS) is 18.8. The van der Waals surface area contributed by atoms with Crippen LogP contribution in [-0.4, -0.2) is 38.6 Å². The van der Waals surface area contributed by atoms with Crippen LogP contribution >= 0.6 is 0 Å². The van der Waals surface area contributed by atoms with E-state index in [0.717, 1.165) is 49.4 Å². The van der Waals surface area contributed by atoms with Gasteiger partial charge in [0, 0.05) is 12.7 Å². The molecule has 27 heavy (non-hydrogen) atoms. The topological polar surface area (TPSA) is 59.7 Å². The first-order valence-electron chi connectivity index (χ1n) is 9.63. The number of ether oxygens (including phenoxy) is 1. The van der Waals surface area contributed by atoms with Gasteiger partial charge in [-0.05, 0) is 67.5 Å². The number of aryl methyl sites for hydroxylation is 2. The molecule has 2 aromatic heterocycles. The third-order valence-corrected chi connectivity index (χ3v) is 5.64. The molecule has 0 saturated carbocycles. The number of aromatic nitrogens is 3. The molecule has 1 aliphatic carbocycles. The van der Waals surface area contributed by atoms with Gasteiger partial charge in [-0.15, -0.1) is 10.2 Å².